The van der Waals surface area contributed by atoms with E-state index in [1.807, 2.05) is 0 Å². The van der Waals surface area contributed by atoms with Crippen LogP contribution in [0.3, 0.4) is 0 Å². The van der Waals surface area contributed by atoms with Gasteiger partial charge in [0.05, 0.1) is 40.6 Å². The van der Waals surface area contributed by atoms with Crippen molar-refractivity contribution in [2.75, 3.05) is 29.9 Å². The van der Waals surface area contributed by atoms with Crippen LogP contribution < -0.4 is 9.80 Å². The number of halogens is 7. The van der Waals surface area contributed by atoms with Gasteiger partial charge in [-0.1, -0.05) is 6.07 Å². The number of aryl methyl sites for hydroxylation is 1. The standard InChI is InChI=1S/C31H30F7N3O2/c1-17-9-21(32)5-8-24(17)25-13-27(41-15-22-6-7-23(16-41)43-22)39-14-26(25)40(4)28(42)29(2,3)18-10-19(30(33,34)35)12-20(11-18)31(36,37)38/h5,8-14,22-23H,6-7,15-16H2,1-4H3. The van der Waals surface area contributed by atoms with Crippen LogP contribution >= 0.6 is 0 Å². The summed E-state index contributed by atoms with van der Waals surface area (Å²) in [6.07, 6.45) is -6.68. The monoisotopic (exact) mass is 609 g/mol. The van der Waals surface area contributed by atoms with E-state index in [4.69, 9.17) is 4.74 Å². The number of fused-ring (bicyclic) bond motifs is 2. The summed E-state index contributed by atoms with van der Waals surface area (Å²) in [5.74, 6) is -0.618. The molecular formula is C31H30F7N3O2. The average Bonchev–Trinajstić information content (AvgIpc) is 3.27. The number of likely N-dealkylation sites (N-methyl/N-ethyl adjacent to an activating group) is 1. The van der Waals surface area contributed by atoms with E-state index < -0.39 is 46.2 Å². The lowest BCUT2D eigenvalue weighted by atomic mass is 9.81. The Kier molecular flexibility index (Phi) is 7.73. The molecule has 43 heavy (non-hydrogen) atoms. The van der Waals surface area contributed by atoms with Crippen LogP contribution in [0.15, 0.2) is 48.7 Å². The number of aromatic nitrogens is 1. The van der Waals surface area contributed by atoms with Crippen molar-refractivity contribution >= 4 is 17.4 Å². The maximum atomic E-state index is 14.0. The minimum Gasteiger partial charge on any atom is -0.371 e. The van der Waals surface area contributed by atoms with Gasteiger partial charge in [0.25, 0.3) is 0 Å². The van der Waals surface area contributed by atoms with Crippen LogP contribution in [0.4, 0.5) is 42.2 Å². The van der Waals surface area contributed by atoms with Gasteiger partial charge in [-0.3, -0.25) is 4.79 Å². The zero-order valence-corrected chi connectivity index (χ0v) is 23.9. The molecule has 2 aliphatic rings. The van der Waals surface area contributed by atoms with Crippen molar-refractivity contribution in [1.82, 2.24) is 4.98 Å². The third-order valence-electron chi connectivity index (χ3n) is 8.22. The SMILES string of the molecule is Cc1cc(F)ccc1-c1cc(N2CC3CCC(C2)O3)ncc1N(C)C(=O)C(C)(C)c1cc(C(F)(F)F)cc(C(F)(F)F)c1. The number of benzene rings is 2. The average molecular weight is 610 g/mol. The first-order valence-electron chi connectivity index (χ1n) is 13.7. The van der Waals surface area contributed by atoms with Crippen molar-refractivity contribution in [3.8, 4) is 11.1 Å². The molecule has 2 saturated heterocycles. The molecule has 1 amide bonds. The molecule has 0 aliphatic carbocycles. The number of hydrogen-bond donors (Lipinski definition) is 0. The topological polar surface area (TPSA) is 45.7 Å². The highest BCUT2D eigenvalue weighted by atomic mass is 19.4. The maximum Gasteiger partial charge on any atom is 0.416 e. The Bertz CT molecular complexity index is 1510. The second-order valence-corrected chi connectivity index (χ2v) is 11.7. The zero-order chi connectivity index (χ0) is 31.5. The molecule has 2 bridgehead atoms. The van der Waals surface area contributed by atoms with Gasteiger partial charge in [0.2, 0.25) is 5.91 Å². The molecule has 2 unspecified atom stereocenters. The third-order valence-corrected chi connectivity index (χ3v) is 8.22. The van der Waals surface area contributed by atoms with E-state index in [0.717, 1.165) is 12.8 Å². The molecule has 5 rings (SSSR count). The summed E-state index contributed by atoms with van der Waals surface area (Å²) in [7, 11) is 1.39. The summed E-state index contributed by atoms with van der Waals surface area (Å²) in [5.41, 5.74) is -3.35. The molecule has 5 nitrogen and oxygen atoms in total. The van der Waals surface area contributed by atoms with Crippen LogP contribution in [0.2, 0.25) is 0 Å². The van der Waals surface area contributed by atoms with Gasteiger partial charge in [-0.05, 0) is 86.7 Å². The van der Waals surface area contributed by atoms with E-state index in [1.165, 1.54) is 44.1 Å². The van der Waals surface area contributed by atoms with E-state index in [1.54, 1.807) is 19.1 Å². The zero-order valence-electron chi connectivity index (χ0n) is 23.9. The molecule has 0 saturated carbocycles. The van der Waals surface area contributed by atoms with Crippen molar-refractivity contribution in [3.63, 3.8) is 0 Å². The van der Waals surface area contributed by atoms with Gasteiger partial charge in [0, 0.05) is 25.7 Å². The molecule has 0 spiro atoms. The Morgan fingerprint density at radius 1 is 0.884 bits per heavy atom. The van der Waals surface area contributed by atoms with Gasteiger partial charge in [-0.15, -0.1) is 0 Å². The molecule has 2 aliphatic heterocycles. The van der Waals surface area contributed by atoms with E-state index in [2.05, 4.69) is 9.88 Å². The lowest BCUT2D eigenvalue weighted by molar-refractivity contribution is -0.143. The predicted molar refractivity (Wildman–Crippen MR) is 147 cm³/mol. The third kappa shape index (κ3) is 6.07. The minimum absolute atomic E-state index is 0.0314. The van der Waals surface area contributed by atoms with Crippen LogP contribution in [-0.2, 0) is 27.3 Å². The summed E-state index contributed by atoms with van der Waals surface area (Å²) in [6, 6.07) is 7.10. The fourth-order valence-electron chi connectivity index (χ4n) is 5.79. The number of nitrogens with zero attached hydrogens (tertiary/aromatic N) is 3. The number of amides is 1. The molecular weight excluding hydrogens is 579 g/mol. The normalized spacial score (nSPS) is 19.1. The first-order chi connectivity index (χ1) is 19.9. The van der Waals surface area contributed by atoms with Crippen LogP contribution in [0.1, 0.15) is 48.9 Å². The highest BCUT2D eigenvalue weighted by Gasteiger charge is 2.41. The molecule has 2 atom stereocenters. The second kappa shape index (κ2) is 10.8. The Morgan fingerprint density at radius 2 is 1.44 bits per heavy atom. The summed E-state index contributed by atoms with van der Waals surface area (Å²) >= 11 is 0. The van der Waals surface area contributed by atoms with Gasteiger partial charge in [-0.25, -0.2) is 9.37 Å². The molecule has 12 heteroatoms. The second-order valence-electron chi connectivity index (χ2n) is 11.7. The molecule has 1 aromatic heterocycles. The van der Waals surface area contributed by atoms with Crippen molar-refractivity contribution < 1.29 is 40.3 Å². The number of alkyl halides is 6. The van der Waals surface area contributed by atoms with Gasteiger partial charge < -0.3 is 14.5 Å². The Morgan fingerprint density at radius 3 is 1.98 bits per heavy atom. The van der Waals surface area contributed by atoms with Gasteiger partial charge in [-0.2, -0.15) is 26.3 Å². The van der Waals surface area contributed by atoms with Crippen molar-refractivity contribution in [3.05, 3.63) is 76.7 Å². The van der Waals surface area contributed by atoms with E-state index in [9.17, 15) is 35.5 Å². The summed E-state index contributed by atoms with van der Waals surface area (Å²) in [6.45, 7) is 5.47. The Labute approximate surface area is 244 Å². The molecule has 2 fully saturated rings. The molecule has 230 valence electrons. The number of hydrogen-bond acceptors (Lipinski definition) is 4. The van der Waals surface area contributed by atoms with E-state index in [0.29, 0.717) is 47.7 Å². The molecule has 2 aromatic carbocycles. The fourth-order valence-corrected chi connectivity index (χ4v) is 5.79. The van der Waals surface area contributed by atoms with Crippen molar-refractivity contribution in [1.29, 1.82) is 0 Å². The van der Waals surface area contributed by atoms with Crippen molar-refractivity contribution in [2.24, 2.45) is 0 Å². The number of ether oxygens (including phenoxy) is 1. The maximum absolute atomic E-state index is 14.0. The highest BCUT2D eigenvalue weighted by Crippen LogP contribution is 2.41. The first kappa shape index (κ1) is 30.8. The van der Waals surface area contributed by atoms with Gasteiger partial charge in [0.15, 0.2) is 0 Å². The number of carbonyl (C=O) groups excluding carboxylic acids is 1. The summed E-state index contributed by atoms with van der Waals surface area (Å²) < 4.78 is 101. The summed E-state index contributed by atoms with van der Waals surface area (Å²) in [5, 5.41) is 0. The lowest BCUT2D eigenvalue weighted by Gasteiger charge is -2.34. The van der Waals surface area contributed by atoms with Crippen LogP contribution in [0.5, 0.6) is 0 Å². The fraction of sp³-hybridized carbons (Fsp3) is 0.419. The van der Waals surface area contributed by atoms with E-state index in [-0.39, 0.29) is 24.0 Å². The number of carbonyl (C=O) groups is 1. The number of morpholine rings is 1. The lowest BCUT2D eigenvalue weighted by Crippen LogP contribution is -2.43. The first-order valence-corrected chi connectivity index (χ1v) is 13.7. The van der Waals surface area contributed by atoms with Crippen LogP contribution in [0, 0.1) is 12.7 Å². The van der Waals surface area contributed by atoms with Crippen LogP contribution in [-0.4, -0.2) is 43.2 Å². The van der Waals surface area contributed by atoms with Crippen LogP contribution in [0.25, 0.3) is 11.1 Å². The minimum atomic E-state index is -5.06. The molecule has 0 radical (unpaired) electrons. The number of rotatable bonds is 5. The van der Waals surface area contributed by atoms with Crippen molar-refractivity contribution in [2.45, 2.75) is 63.6 Å². The number of anilines is 2. The van der Waals surface area contributed by atoms with Gasteiger partial charge in [0.1, 0.15) is 11.6 Å². The van der Waals surface area contributed by atoms with E-state index >= 15 is 0 Å². The molecule has 0 N–H and O–H groups in total. The largest absolute Gasteiger partial charge is 0.416 e. The number of pyridine rings is 1. The smallest absolute Gasteiger partial charge is 0.371 e. The summed E-state index contributed by atoms with van der Waals surface area (Å²) in [4.78, 5) is 21.8. The van der Waals surface area contributed by atoms with Gasteiger partial charge >= 0.3 is 12.4 Å². The molecule has 3 aromatic rings. The predicted octanol–water partition coefficient (Wildman–Crippen LogP) is 7.54. The molecule has 3 heterocycles. The highest BCUT2D eigenvalue weighted by molar-refractivity contribution is 6.03. The quantitative estimate of drug-likeness (QED) is 0.281. The Balaban J connectivity index is 1.58. The Hall–Kier alpha value is -3.67.